The van der Waals surface area contributed by atoms with Crippen LogP contribution in [0.5, 0.6) is 0 Å². The molecule has 0 amide bonds. The van der Waals surface area contributed by atoms with Gasteiger partial charge in [-0.3, -0.25) is 0 Å². The van der Waals surface area contributed by atoms with Crippen LogP contribution in [0.4, 0.5) is 19.1 Å². The maximum Gasteiger partial charge on any atom is 0.416 e. The van der Waals surface area contributed by atoms with Gasteiger partial charge in [-0.25, -0.2) is 9.97 Å². The molecule has 3 nitrogen and oxygen atoms in total. The molecule has 1 aromatic carbocycles. The van der Waals surface area contributed by atoms with E-state index < -0.39 is 11.7 Å². The Balaban J connectivity index is 1.70. The van der Waals surface area contributed by atoms with Gasteiger partial charge in [0.15, 0.2) is 0 Å². The zero-order valence-electron chi connectivity index (χ0n) is 12.3. The van der Waals surface area contributed by atoms with Gasteiger partial charge in [0.05, 0.1) is 11.3 Å². The fraction of sp³-hybridized carbons (Fsp3) is 0.375. The lowest BCUT2D eigenvalue weighted by molar-refractivity contribution is -0.137. The Morgan fingerprint density at radius 1 is 1.04 bits per heavy atom. The van der Waals surface area contributed by atoms with Crippen molar-refractivity contribution in [3.63, 3.8) is 0 Å². The third kappa shape index (κ3) is 3.75. The number of hydrogen-bond donors (Lipinski definition) is 1. The molecule has 0 radical (unpaired) electrons. The van der Waals surface area contributed by atoms with Gasteiger partial charge in [-0.1, -0.05) is 23.7 Å². The van der Waals surface area contributed by atoms with Gasteiger partial charge in [-0.2, -0.15) is 13.2 Å². The van der Waals surface area contributed by atoms with E-state index in [2.05, 4.69) is 15.3 Å². The van der Waals surface area contributed by atoms with Crippen molar-refractivity contribution in [1.82, 2.24) is 9.97 Å². The summed E-state index contributed by atoms with van der Waals surface area (Å²) in [5, 5.41) is 3.48. The average Bonchev–Trinajstić information content (AvgIpc) is 2.52. The van der Waals surface area contributed by atoms with Crippen LogP contribution in [-0.4, -0.2) is 9.97 Å². The number of rotatable bonds is 3. The zero-order chi connectivity index (χ0) is 16.4. The highest BCUT2D eigenvalue weighted by Crippen LogP contribution is 2.29. The summed E-state index contributed by atoms with van der Waals surface area (Å²) in [6, 6.07) is 5.01. The summed E-state index contributed by atoms with van der Waals surface area (Å²) in [4.78, 5) is 8.68. The summed E-state index contributed by atoms with van der Waals surface area (Å²) in [7, 11) is 0. The Labute approximate surface area is 136 Å². The summed E-state index contributed by atoms with van der Waals surface area (Å²) in [6.45, 7) is 0.341. The van der Waals surface area contributed by atoms with E-state index in [1.54, 1.807) is 0 Å². The van der Waals surface area contributed by atoms with Crippen LogP contribution in [0.3, 0.4) is 0 Å². The molecule has 0 saturated heterocycles. The first-order valence-electron chi connectivity index (χ1n) is 7.39. The minimum Gasteiger partial charge on any atom is -0.350 e. The van der Waals surface area contributed by atoms with Gasteiger partial charge in [-0.05, 0) is 43.4 Å². The second kappa shape index (κ2) is 6.35. The number of nitrogens with one attached hydrogen (secondary N) is 1. The molecular formula is C16H15ClF3N3. The number of hydrogen-bond acceptors (Lipinski definition) is 3. The predicted molar refractivity (Wildman–Crippen MR) is 82.5 cm³/mol. The second-order valence-electron chi connectivity index (χ2n) is 5.52. The SMILES string of the molecule is FC(F)(F)c1ccc(CNc2nc(Cl)c3c(n2)CCCC3)cc1. The molecule has 122 valence electrons. The lowest BCUT2D eigenvalue weighted by Crippen LogP contribution is -2.12. The number of aromatic nitrogens is 2. The topological polar surface area (TPSA) is 37.8 Å². The summed E-state index contributed by atoms with van der Waals surface area (Å²) in [6.07, 6.45) is -0.367. The van der Waals surface area contributed by atoms with Crippen molar-refractivity contribution in [2.24, 2.45) is 0 Å². The van der Waals surface area contributed by atoms with E-state index >= 15 is 0 Å². The number of anilines is 1. The average molecular weight is 342 g/mol. The molecule has 0 atom stereocenters. The van der Waals surface area contributed by atoms with E-state index in [1.165, 1.54) is 12.1 Å². The van der Waals surface area contributed by atoms with E-state index in [-0.39, 0.29) is 0 Å². The van der Waals surface area contributed by atoms with Crippen molar-refractivity contribution in [3.05, 3.63) is 51.8 Å². The molecule has 0 unspecified atom stereocenters. The molecule has 0 aliphatic heterocycles. The molecule has 23 heavy (non-hydrogen) atoms. The van der Waals surface area contributed by atoms with Gasteiger partial charge < -0.3 is 5.32 Å². The highest BCUT2D eigenvalue weighted by molar-refractivity contribution is 6.30. The van der Waals surface area contributed by atoms with Gasteiger partial charge in [0, 0.05) is 12.1 Å². The molecule has 0 saturated carbocycles. The molecule has 2 aromatic rings. The van der Waals surface area contributed by atoms with Crippen molar-refractivity contribution < 1.29 is 13.2 Å². The quantitative estimate of drug-likeness (QED) is 0.826. The highest BCUT2D eigenvalue weighted by Gasteiger charge is 2.29. The van der Waals surface area contributed by atoms with E-state index in [1.807, 2.05) is 0 Å². The zero-order valence-corrected chi connectivity index (χ0v) is 13.0. The van der Waals surface area contributed by atoms with Gasteiger partial charge in [0.2, 0.25) is 5.95 Å². The molecule has 3 rings (SSSR count). The lowest BCUT2D eigenvalue weighted by atomic mass is 9.97. The van der Waals surface area contributed by atoms with E-state index in [4.69, 9.17) is 11.6 Å². The largest absolute Gasteiger partial charge is 0.416 e. The summed E-state index contributed by atoms with van der Waals surface area (Å²) >= 11 is 6.18. The molecular weight excluding hydrogens is 327 g/mol. The third-order valence-electron chi connectivity index (χ3n) is 3.86. The summed E-state index contributed by atoms with van der Waals surface area (Å²) < 4.78 is 37.6. The second-order valence-corrected chi connectivity index (χ2v) is 5.88. The lowest BCUT2D eigenvalue weighted by Gasteiger charge is -2.17. The van der Waals surface area contributed by atoms with E-state index in [9.17, 15) is 13.2 Å². The van der Waals surface area contributed by atoms with Crippen LogP contribution in [0.2, 0.25) is 5.15 Å². The standard InChI is InChI=1S/C16H15ClF3N3/c17-14-12-3-1-2-4-13(12)22-15(23-14)21-9-10-5-7-11(8-6-10)16(18,19)20/h5-8H,1-4,9H2,(H,21,22,23). The molecule has 1 aliphatic rings. The van der Waals surface area contributed by atoms with Gasteiger partial charge >= 0.3 is 6.18 Å². The summed E-state index contributed by atoms with van der Waals surface area (Å²) in [5.41, 5.74) is 2.04. The van der Waals surface area contributed by atoms with Gasteiger partial charge in [-0.15, -0.1) is 0 Å². The molecule has 1 aromatic heterocycles. The fourth-order valence-corrected chi connectivity index (χ4v) is 2.90. The molecule has 0 bridgehead atoms. The number of alkyl halides is 3. The van der Waals surface area contributed by atoms with Crippen molar-refractivity contribution in [2.45, 2.75) is 38.4 Å². The highest BCUT2D eigenvalue weighted by atomic mass is 35.5. The molecule has 0 spiro atoms. The minimum absolute atomic E-state index is 0.341. The fourth-order valence-electron chi connectivity index (χ4n) is 2.62. The van der Waals surface area contributed by atoms with Crippen LogP contribution >= 0.6 is 11.6 Å². The third-order valence-corrected chi connectivity index (χ3v) is 4.18. The van der Waals surface area contributed by atoms with Crippen LogP contribution in [0.15, 0.2) is 24.3 Å². The van der Waals surface area contributed by atoms with Crippen LogP contribution in [0.1, 0.15) is 35.2 Å². The Bertz CT molecular complexity index is 699. The first-order valence-corrected chi connectivity index (χ1v) is 7.76. The smallest absolute Gasteiger partial charge is 0.350 e. The summed E-state index contributed by atoms with van der Waals surface area (Å²) in [5.74, 6) is 0.413. The maximum atomic E-state index is 12.5. The number of benzene rings is 1. The van der Waals surface area contributed by atoms with Gasteiger partial charge in [0.1, 0.15) is 5.15 Å². The molecule has 7 heteroatoms. The van der Waals surface area contributed by atoms with Crippen molar-refractivity contribution in [1.29, 1.82) is 0 Å². The van der Waals surface area contributed by atoms with Crippen LogP contribution in [0, 0.1) is 0 Å². The number of aryl methyl sites for hydroxylation is 1. The van der Waals surface area contributed by atoms with Crippen molar-refractivity contribution in [3.8, 4) is 0 Å². The first-order chi connectivity index (χ1) is 10.9. The van der Waals surface area contributed by atoms with Crippen LogP contribution < -0.4 is 5.32 Å². The molecule has 0 fully saturated rings. The first kappa shape index (κ1) is 16.1. The van der Waals surface area contributed by atoms with Crippen molar-refractivity contribution >= 4 is 17.5 Å². The molecule has 1 N–H and O–H groups in total. The Morgan fingerprint density at radius 2 is 1.74 bits per heavy atom. The normalized spacial score (nSPS) is 14.4. The molecule has 1 heterocycles. The number of halogens is 4. The minimum atomic E-state index is -4.32. The predicted octanol–water partition coefficient (Wildman–Crippen LogP) is 4.64. The van der Waals surface area contributed by atoms with E-state index in [0.717, 1.165) is 54.6 Å². The Morgan fingerprint density at radius 3 is 2.43 bits per heavy atom. The van der Waals surface area contributed by atoms with E-state index in [0.29, 0.717) is 17.6 Å². The Hall–Kier alpha value is -1.82. The maximum absolute atomic E-state index is 12.5. The monoisotopic (exact) mass is 341 g/mol. The Kier molecular flexibility index (Phi) is 4.43. The molecule has 1 aliphatic carbocycles. The number of fused-ring (bicyclic) bond motifs is 1. The van der Waals surface area contributed by atoms with Crippen molar-refractivity contribution in [2.75, 3.05) is 5.32 Å². The van der Waals surface area contributed by atoms with Gasteiger partial charge in [0.25, 0.3) is 0 Å². The van der Waals surface area contributed by atoms with Crippen LogP contribution in [-0.2, 0) is 25.6 Å². The number of nitrogens with zero attached hydrogens (tertiary/aromatic N) is 2. The van der Waals surface area contributed by atoms with Crippen LogP contribution in [0.25, 0.3) is 0 Å².